The average Bonchev–Trinajstić information content (AvgIpc) is 3.05. The van der Waals surface area contributed by atoms with Gasteiger partial charge >= 0.3 is 0 Å². The number of anilines is 1. The molecule has 2 fully saturated rings. The van der Waals surface area contributed by atoms with Crippen LogP contribution in [0.15, 0.2) is 54.6 Å². The molecule has 2 heterocycles. The fourth-order valence-corrected chi connectivity index (χ4v) is 4.25. The minimum absolute atomic E-state index is 0.184. The highest BCUT2D eigenvalue weighted by Gasteiger charge is 2.43. The van der Waals surface area contributed by atoms with Gasteiger partial charge in [-0.2, -0.15) is 0 Å². The number of nitrogens with zero attached hydrogens (tertiary/aromatic N) is 3. The summed E-state index contributed by atoms with van der Waals surface area (Å²) in [7, 11) is 0. The number of hydrogen-bond donors (Lipinski definition) is 0. The van der Waals surface area contributed by atoms with Gasteiger partial charge in [0.2, 0.25) is 5.91 Å². The molecule has 2 aliphatic rings. The second-order valence-electron chi connectivity index (χ2n) is 7.54. The number of hydrogen-bond acceptors (Lipinski definition) is 4. The standard InChI is InChI=1S/C23H23Cl2N3O2/c24-19-9-8-18(15-20(19)25)28-22(29)16-21(23(28)30)27-13-11-26(12-14-27)10-4-7-17-5-2-1-3-6-17/h1-9,15,21H,10-14,16H2/b7-4-/t21-/m0/s1. The fourth-order valence-electron chi connectivity index (χ4n) is 3.96. The maximum Gasteiger partial charge on any atom is 0.251 e. The Morgan fingerprint density at radius 3 is 2.37 bits per heavy atom. The Balaban J connectivity index is 1.33. The fraction of sp³-hybridized carbons (Fsp3) is 0.304. The molecule has 0 spiro atoms. The predicted molar refractivity (Wildman–Crippen MR) is 121 cm³/mol. The number of halogens is 2. The van der Waals surface area contributed by atoms with E-state index >= 15 is 0 Å². The van der Waals surface area contributed by atoms with Crippen molar-refractivity contribution < 1.29 is 9.59 Å². The van der Waals surface area contributed by atoms with E-state index < -0.39 is 6.04 Å². The Hall–Kier alpha value is -2.18. The smallest absolute Gasteiger partial charge is 0.251 e. The maximum absolute atomic E-state index is 13.0. The summed E-state index contributed by atoms with van der Waals surface area (Å²) in [5, 5.41) is 0.726. The highest BCUT2D eigenvalue weighted by Crippen LogP contribution is 2.31. The number of rotatable bonds is 5. The highest BCUT2D eigenvalue weighted by molar-refractivity contribution is 6.42. The zero-order chi connectivity index (χ0) is 21.1. The maximum atomic E-state index is 13.0. The lowest BCUT2D eigenvalue weighted by Gasteiger charge is -2.36. The van der Waals surface area contributed by atoms with E-state index in [1.807, 2.05) is 18.2 Å². The highest BCUT2D eigenvalue weighted by atomic mass is 35.5. The first kappa shape index (κ1) is 21.1. The Kier molecular flexibility index (Phi) is 6.54. The summed E-state index contributed by atoms with van der Waals surface area (Å²) in [5.41, 5.74) is 1.67. The average molecular weight is 444 g/mol. The summed E-state index contributed by atoms with van der Waals surface area (Å²) in [6, 6.07) is 14.6. The predicted octanol–water partition coefficient (Wildman–Crippen LogP) is 3.96. The SMILES string of the molecule is O=C1C[C@H](N2CCN(C/C=C\c3ccccc3)CC2)C(=O)N1c1ccc(Cl)c(Cl)c1. The number of piperazine rings is 1. The van der Waals surface area contributed by atoms with E-state index in [0.717, 1.165) is 32.7 Å². The molecule has 0 radical (unpaired) electrons. The molecule has 0 unspecified atom stereocenters. The molecule has 7 heteroatoms. The zero-order valence-corrected chi connectivity index (χ0v) is 18.0. The van der Waals surface area contributed by atoms with Crippen molar-refractivity contribution in [2.45, 2.75) is 12.5 Å². The van der Waals surface area contributed by atoms with E-state index in [-0.39, 0.29) is 18.2 Å². The van der Waals surface area contributed by atoms with E-state index in [2.05, 4.69) is 34.1 Å². The summed E-state index contributed by atoms with van der Waals surface area (Å²) in [6.45, 7) is 4.12. The summed E-state index contributed by atoms with van der Waals surface area (Å²) in [6.07, 6.45) is 4.49. The van der Waals surface area contributed by atoms with Crippen LogP contribution in [0, 0.1) is 0 Å². The first-order valence-electron chi connectivity index (χ1n) is 10.0. The third-order valence-electron chi connectivity index (χ3n) is 5.61. The molecule has 0 aromatic heterocycles. The van der Waals surface area contributed by atoms with Crippen LogP contribution in [0.4, 0.5) is 5.69 Å². The van der Waals surface area contributed by atoms with E-state index in [1.54, 1.807) is 18.2 Å². The van der Waals surface area contributed by atoms with E-state index in [1.165, 1.54) is 10.5 Å². The van der Waals surface area contributed by atoms with Gasteiger partial charge in [-0.1, -0.05) is 65.7 Å². The number of amides is 2. The van der Waals surface area contributed by atoms with Gasteiger partial charge < -0.3 is 0 Å². The largest absolute Gasteiger partial charge is 0.297 e. The Morgan fingerprint density at radius 1 is 0.933 bits per heavy atom. The lowest BCUT2D eigenvalue weighted by atomic mass is 10.1. The molecule has 2 aliphatic heterocycles. The van der Waals surface area contributed by atoms with Crippen molar-refractivity contribution in [3.8, 4) is 0 Å². The first-order chi connectivity index (χ1) is 14.5. The molecule has 2 aromatic rings. The van der Waals surface area contributed by atoms with Crippen molar-refractivity contribution in [1.82, 2.24) is 9.80 Å². The van der Waals surface area contributed by atoms with Crippen molar-refractivity contribution >= 4 is 46.8 Å². The number of carbonyl (C=O) groups is 2. The summed E-state index contributed by atoms with van der Waals surface area (Å²) >= 11 is 12.0. The van der Waals surface area contributed by atoms with E-state index in [9.17, 15) is 9.59 Å². The van der Waals surface area contributed by atoms with Crippen LogP contribution in [0.25, 0.3) is 6.08 Å². The lowest BCUT2D eigenvalue weighted by molar-refractivity contribution is -0.123. The third-order valence-corrected chi connectivity index (χ3v) is 6.34. The van der Waals surface area contributed by atoms with Gasteiger partial charge in [0.1, 0.15) is 0 Å². The molecule has 4 rings (SSSR count). The summed E-state index contributed by atoms with van der Waals surface area (Å²) < 4.78 is 0. The molecule has 0 N–H and O–H groups in total. The van der Waals surface area contributed by atoms with E-state index in [0.29, 0.717) is 15.7 Å². The zero-order valence-electron chi connectivity index (χ0n) is 16.5. The molecule has 156 valence electrons. The minimum atomic E-state index is -0.408. The number of carbonyl (C=O) groups excluding carboxylic acids is 2. The van der Waals surface area contributed by atoms with E-state index in [4.69, 9.17) is 23.2 Å². The number of imide groups is 1. The Bertz CT molecular complexity index is 956. The van der Waals surface area contributed by atoms with Gasteiger partial charge in [-0.25, -0.2) is 4.90 Å². The van der Waals surface area contributed by atoms with Crippen LogP contribution in [0.5, 0.6) is 0 Å². The van der Waals surface area contributed by atoms with Crippen LogP contribution in [0.2, 0.25) is 10.0 Å². The molecule has 30 heavy (non-hydrogen) atoms. The molecule has 2 aromatic carbocycles. The van der Waals surface area contributed by atoms with Gasteiger partial charge in [0, 0.05) is 32.7 Å². The van der Waals surface area contributed by atoms with Crippen molar-refractivity contribution in [1.29, 1.82) is 0 Å². The van der Waals surface area contributed by atoms with Gasteiger partial charge in [0.05, 0.1) is 28.2 Å². The van der Waals surface area contributed by atoms with Gasteiger partial charge in [-0.05, 0) is 23.8 Å². The third kappa shape index (κ3) is 4.60. The van der Waals surface area contributed by atoms with Crippen molar-refractivity contribution in [3.63, 3.8) is 0 Å². The van der Waals surface area contributed by atoms with Crippen LogP contribution < -0.4 is 4.90 Å². The van der Waals surface area contributed by atoms with Crippen LogP contribution >= 0.6 is 23.2 Å². The molecule has 0 bridgehead atoms. The Labute approximate surface area is 186 Å². The second-order valence-corrected chi connectivity index (χ2v) is 8.35. The lowest BCUT2D eigenvalue weighted by Crippen LogP contribution is -2.52. The number of benzene rings is 2. The molecule has 2 saturated heterocycles. The topological polar surface area (TPSA) is 43.9 Å². The summed E-state index contributed by atoms with van der Waals surface area (Å²) in [5.74, 6) is -0.382. The van der Waals surface area contributed by atoms with Crippen LogP contribution in [0.1, 0.15) is 12.0 Å². The van der Waals surface area contributed by atoms with Crippen molar-refractivity contribution in [2.24, 2.45) is 0 Å². The monoisotopic (exact) mass is 443 g/mol. The first-order valence-corrected chi connectivity index (χ1v) is 10.8. The molecule has 0 aliphatic carbocycles. The normalized spacial score (nSPS) is 21.1. The van der Waals surface area contributed by atoms with Crippen LogP contribution in [-0.4, -0.2) is 60.4 Å². The molecule has 2 amide bonds. The van der Waals surface area contributed by atoms with Gasteiger partial charge in [0.25, 0.3) is 5.91 Å². The second kappa shape index (κ2) is 9.31. The van der Waals surface area contributed by atoms with Gasteiger partial charge in [-0.15, -0.1) is 0 Å². The Morgan fingerprint density at radius 2 is 1.67 bits per heavy atom. The minimum Gasteiger partial charge on any atom is -0.297 e. The quantitative estimate of drug-likeness (QED) is 0.656. The molecular formula is C23H23Cl2N3O2. The molecule has 0 saturated carbocycles. The van der Waals surface area contributed by atoms with Crippen LogP contribution in [-0.2, 0) is 9.59 Å². The molecule has 1 atom stereocenters. The molecule has 5 nitrogen and oxygen atoms in total. The van der Waals surface area contributed by atoms with Gasteiger partial charge in [-0.3, -0.25) is 19.4 Å². The molecular weight excluding hydrogens is 421 g/mol. The van der Waals surface area contributed by atoms with Gasteiger partial charge in [0.15, 0.2) is 0 Å². The van der Waals surface area contributed by atoms with Crippen LogP contribution in [0.3, 0.4) is 0 Å². The van der Waals surface area contributed by atoms with Crippen molar-refractivity contribution in [3.05, 3.63) is 70.2 Å². The van der Waals surface area contributed by atoms with Crippen molar-refractivity contribution in [2.75, 3.05) is 37.6 Å². The summed E-state index contributed by atoms with van der Waals surface area (Å²) in [4.78, 5) is 31.3.